The normalized spacial score (nSPS) is 18.0. The summed E-state index contributed by atoms with van der Waals surface area (Å²) >= 11 is 0. The molecule has 1 aromatic carbocycles. The Balaban J connectivity index is 1.68. The number of hydrogen-bond acceptors (Lipinski definition) is 4. The fourth-order valence-electron chi connectivity index (χ4n) is 4.60. The molecule has 0 aliphatic carbocycles. The van der Waals surface area contributed by atoms with Crippen molar-refractivity contribution in [2.75, 3.05) is 19.6 Å². The molecule has 0 unspecified atom stereocenters. The van der Waals surface area contributed by atoms with E-state index in [2.05, 4.69) is 34.1 Å². The number of likely N-dealkylation sites (tertiary alicyclic amines) is 1. The Kier molecular flexibility index (Phi) is 6.68. The van der Waals surface area contributed by atoms with Gasteiger partial charge in [0, 0.05) is 50.8 Å². The van der Waals surface area contributed by atoms with Crippen LogP contribution in [0.15, 0.2) is 73.7 Å². The average Bonchev–Trinajstić information content (AvgIpc) is 3.29. The lowest BCUT2D eigenvalue weighted by Gasteiger charge is -2.42. The highest BCUT2D eigenvalue weighted by molar-refractivity contribution is 5.93. The van der Waals surface area contributed by atoms with Gasteiger partial charge < -0.3 is 10.2 Å². The van der Waals surface area contributed by atoms with Crippen molar-refractivity contribution in [3.63, 3.8) is 0 Å². The van der Waals surface area contributed by atoms with Gasteiger partial charge in [0.15, 0.2) is 0 Å². The van der Waals surface area contributed by atoms with Crippen molar-refractivity contribution in [1.82, 2.24) is 25.0 Å². The lowest BCUT2D eigenvalue weighted by Crippen LogP contribution is -2.54. The maximum atomic E-state index is 13.5. The van der Waals surface area contributed by atoms with Crippen LogP contribution in [0.25, 0.3) is 11.1 Å². The molecule has 1 N–H and O–H groups in total. The monoisotopic (exact) mass is 443 g/mol. The van der Waals surface area contributed by atoms with Gasteiger partial charge in [-0.05, 0) is 42.5 Å². The van der Waals surface area contributed by atoms with Crippen molar-refractivity contribution in [3.8, 4) is 11.1 Å². The number of aryl methyl sites for hydroxylation is 1. The van der Waals surface area contributed by atoms with Crippen molar-refractivity contribution in [3.05, 3.63) is 85.0 Å². The van der Waals surface area contributed by atoms with E-state index in [1.165, 1.54) is 0 Å². The van der Waals surface area contributed by atoms with E-state index in [9.17, 15) is 9.59 Å². The molecule has 0 radical (unpaired) electrons. The van der Waals surface area contributed by atoms with Gasteiger partial charge in [0.2, 0.25) is 5.91 Å². The summed E-state index contributed by atoms with van der Waals surface area (Å²) in [7, 11) is 1.79. The second-order valence-corrected chi connectivity index (χ2v) is 8.56. The lowest BCUT2D eigenvalue weighted by molar-refractivity contribution is -0.133. The fraction of sp³-hybridized carbons (Fsp3) is 0.308. The molecule has 1 atom stereocenters. The van der Waals surface area contributed by atoms with Crippen LogP contribution >= 0.6 is 0 Å². The molecule has 33 heavy (non-hydrogen) atoms. The minimum atomic E-state index is -0.746. The van der Waals surface area contributed by atoms with E-state index >= 15 is 0 Å². The Morgan fingerprint density at radius 3 is 2.79 bits per heavy atom. The molecule has 0 spiro atoms. The highest BCUT2D eigenvalue weighted by atomic mass is 16.2. The van der Waals surface area contributed by atoms with Crippen molar-refractivity contribution in [2.24, 2.45) is 12.5 Å². The van der Waals surface area contributed by atoms with Gasteiger partial charge in [0.05, 0.1) is 5.41 Å². The zero-order chi connectivity index (χ0) is 23.3. The third-order valence-electron chi connectivity index (χ3n) is 6.20. The molecule has 0 bridgehead atoms. The van der Waals surface area contributed by atoms with Gasteiger partial charge in [0.1, 0.15) is 5.69 Å². The fourth-order valence-corrected chi connectivity index (χ4v) is 4.60. The van der Waals surface area contributed by atoms with Crippen LogP contribution in [-0.4, -0.2) is 51.1 Å². The minimum Gasteiger partial charge on any atom is -0.352 e. The molecule has 4 rings (SSSR count). The summed E-state index contributed by atoms with van der Waals surface area (Å²) in [6.07, 6.45) is 8.98. The van der Waals surface area contributed by atoms with Crippen molar-refractivity contribution < 1.29 is 9.59 Å². The molecule has 1 aliphatic rings. The van der Waals surface area contributed by atoms with E-state index in [4.69, 9.17) is 0 Å². The van der Waals surface area contributed by atoms with Crippen LogP contribution in [0.2, 0.25) is 0 Å². The minimum absolute atomic E-state index is 0.0538. The van der Waals surface area contributed by atoms with E-state index in [0.29, 0.717) is 38.2 Å². The molecule has 1 saturated heterocycles. The van der Waals surface area contributed by atoms with Crippen molar-refractivity contribution in [2.45, 2.75) is 19.3 Å². The van der Waals surface area contributed by atoms with Crippen LogP contribution in [0.5, 0.6) is 0 Å². The number of benzene rings is 1. The first-order chi connectivity index (χ1) is 16.0. The third-order valence-corrected chi connectivity index (χ3v) is 6.20. The summed E-state index contributed by atoms with van der Waals surface area (Å²) in [4.78, 5) is 32.7. The standard InChI is InChI=1S/C26H29N5O2/c1-3-13-28-25(33)26(12-7-15-31(19-26)24(32)23-11-16-30(2)29-23)17-20-8-4-5-10-22(20)21-9-6-14-27-18-21/h3-6,8-11,14,16,18H,1,7,12-13,15,17,19H2,2H3,(H,28,33)/t26-/m1/s1. The molecule has 7 heteroatoms. The second kappa shape index (κ2) is 9.81. The smallest absolute Gasteiger partial charge is 0.274 e. The first-order valence-corrected chi connectivity index (χ1v) is 11.2. The maximum absolute atomic E-state index is 13.5. The molecule has 0 saturated carbocycles. The predicted octanol–water partition coefficient (Wildman–Crippen LogP) is 3.25. The summed E-state index contributed by atoms with van der Waals surface area (Å²) in [5.74, 6) is -0.196. The second-order valence-electron chi connectivity index (χ2n) is 8.56. The number of piperidine rings is 1. The van der Waals surface area contributed by atoms with Crippen LogP contribution in [0.1, 0.15) is 28.9 Å². The van der Waals surface area contributed by atoms with E-state index in [0.717, 1.165) is 23.1 Å². The highest BCUT2D eigenvalue weighted by Crippen LogP contribution is 2.37. The van der Waals surface area contributed by atoms with Gasteiger partial charge in [-0.15, -0.1) is 6.58 Å². The van der Waals surface area contributed by atoms with E-state index in [1.54, 1.807) is 41.2 Å². The zero-order valence-electron chi connectivity index (χ0n) is 18.9. The molecule has 2 aromatic heterocycles. The van der Waals surface area contributed by atoms with Gasteiger partial charge >= 0.3 is 0 Å². The Morgan fingerprint density at radius 1 is 1.21 bits per heavy atom. The molecule has 170 valence electrons. The number of amides is 2. The molecular weight excluding hydrogens is 414 g/mol. The Hall–Kier alpha value is -3.74. The van der Waals surface area contributed by atoms with Crippen LogP contribution in [0, 0.1) is 5.41 Å². The van der Waals surface area contributed by atoms with Gasteiger partial charge in [0.25, 0.3) is 5.91 Å². The van der Waals surface area contributed by atoms with Crippen LogP contribution in [0.3, 0.4) is 0 Å². The SMILES string of the molecule is C=CCNC(=O)[C@@]1(Cc2ccccc2-c2cccnc2)CCCN(C(=O)c2ccn(C)n2)C1. The Morgan fingerprint density at radius 2 is 2.06 bits per heavy atom. The van der Waals surface area contributed by atoms with Gasteiger partial charge in [-0.25, -0.2) is 0 Å². The van der Waals surface area contributed by atoms with E-state index < -0.39 is 5.41 Å². The van der Waals surface area contributed by atoms with Crippen molar-refractivity contribution >= 4 is 11.8 Å². The highest BCUT2D eigenvalue weighted by Gasteiger charge is 2.44. The summed E-state index contributed by atoms with van der Waals surface area (Å²) in [5, 5.41) is 7.27. The number of nitrogens with one attached hydrogen (secondary N) is 1. The van der Waals surface area contributed by atoms with E-state index in [-0.39, 0.29) is 11.8 Å². The molecule has 1 aliphatic heterocycles. The third kappa shape index (κ3) is 4.87. The molecule has 3 heterocycles. The largest absolute Gasteiger partial charge is 0.352 e. The average molecular weight is 444 g/mol. The zero-order valence-corrected chi connectivity index (χ0v) is 18.9. The van der Waals surface area contributed by atoms with Gasteiger partial charge in [-0.2, -0.15) is 5.10 Å². The number of pyridine rings is 1. The number of carbonyl (C=O) groups excluding carboxylic acids is 2. The summed E-state index contributed by atoms with van der Waals surface area (Å²) in [6, 6.07) is 13.7. The summed E-state index contributed by atoms with van der Waals surface area (Å²) in [5.41, 5.74) is 2.77. The predicted molar refractivity (Wildman–Crippen MR) is 127 cm³/mol. The van der Waals surface area contributed by atoms with Crippen LogP contribution < -0.4 is 5.32 Å². The summed E-state index contributed by atoms with van der Waals surface area (Å²) in [6.45, 7) is 5.06. The van der Waals surface area contributed by atoms with Crippen LogP contribution in [-0.2, 0) is 18.3 Å². The molecule has 7 nitrogen and oxygen atoms in total. The summed E-state index contributed by atoms with van der Waals surface area (Å²) < 4.78 is 1.62. The lowest BCUT2D eigenvalue weighted by atomic mass is 9.73. The number of hydrogen-bond donors (Lipinski definition) is 1. The molecule has 3 aromatic rings. The Labute approximate surface area is 194 Å². The quantitative estimate of drug-likeness (QED) is 0.569. The van der Waals surface area contributed by atoms with Crippen LogP contribution in [0.4, 0.5) is 0 Å². The van der Waals surface area contributed by atoms with Gasteiger partial charge in [-0.3, -0.25) is 19.3 Å². The molecular formula is C26H29N5O2. The van der Waals surface area contributed by atoms with E-state index in [1.807, 2.05) is 30.5 Å². The number of aromatic nitrogens is 3. The molecule has 2 amide bonds. The number of rotatable bonds is 7. The maximum Gasteiger partial charge on any atom is 0.274 e. The first kappa shape index (κ1) is 22.5. The van der Waals surface area contributed by atoms with Crippen molar-refractivity contribution in [1.29, 1.82) is 0 Å². The Bertz CT molecular complexity index is 1140. The topological polar surface area (TPSA) is 80.1 Å². The number of carbonyl (C=O) groups is 2. The van der Waals surface area contributed by atoms with Gasteiger partial charge in [-0.1, -0.05) is 36.4 Å². The first-order valence-electron chi connectivity index (χ1n) is 11.2. The molecule has 1 fully saturated rings. The number of nitrogens with zero attached hydrogens (tertiary/aromatic N) is 4.